The lowest BCUT2D eigenvalue weighted by atomic mass is 9.61. The van der Waals surface area contributed by atoms with Gasteiger partial charge in [0.25, 0.3) is 0 Å². The van der Waals surface area contributed by atoms with Gasteiger partial charge in [-0.25, -0.2) is 0 Å². The Hall–Kier alpha value is -1.29. The molecule has 0 heterocycles. The van der Waals surface area contributed by atoms with Gasteiger partial charge in [-0.05, 0) is 35.7 Å². The van der Waals surface area contributed by atoms with Crippen LogP contribution in [0, 0.1) is 29.1 Å². The smallest absolute Gasteiger partial charge is 0.0659 e. The van der Waals surface area contributed by atoms with E-state index in [1.165, 1.54) is 18.4 Å². The van der Waals surface area contributed by atoms with Crippen LogP contribution in [-0.2, 0) is 5.41 Å². The summed E-state index contributed by atoms with van der Waals surface area (Å²) in [6, 6.07) is 13.2. The zero-order chi connectivity index (χ0) is 13.2. The third kappa shape index (κ3) is 2.43. The lowest BCUT2D eigenvalue weighted by molar-refractivity contribution is 0.155. The second-order valence-electron chi connectivity index (χ2n) is 6.35. The Kier molecular flexibility index (Phi) is 3.76. The molecule has 1 aromatic carbocycles. The highest BCUT2D eigenvalue weighted by molar-refractivity contribution is 5.25. The quantitative estimate of drug-likeness (QED) is 0.745. The molecule has 1 aliphatic carbocycles. The molecule has 3 atom stereocenters. The van der Waals surface area contributed by atoms with Crippen LogP contribution in [0.25, 0.3) is 0 Å². The van der Waals surface area contributed by atoms with Crippen molar-refractivity contribution in [2.24, 2.45) is 17.8 Å². The number of nitrogens with zero attached hydrogens (tertiary/aromatic N) is 1. The highest BCUT2D eigenvalue weighted by Gasteiger charge is 2.39. The molecule has 0 saturated heterocycles. The highest BCUT2D eigenvalue weighted by Crippen LogP contribution is 2.45. The molecule has 0 aliphatic heterocycles. The molecule has 2 rings (SSSR count). The fourth-order valence-corrected chi connectivity index (χ4v) is 3.47. The van der Waals surface area contributed by atoms with Gasteiger partial charge in [-0.3, -0.25) is 0 Å². The van der Waals surface area contributed by atoms with E-state index in [2.05, 4.69) is 57.2 Å². The summed E-state index contributed by atoms with van der Waals surface area (Å²) in [5, 5.41) is 9.44. The van der Waals surface area contributed by atoms with E-state index in [0.29, 0.717) is 11.8 Å². The monoisotopic (exact) mass is 241 g/mol. The molecular formula is C17H23N. The SMILES string of the molecule is C[C@@H]1CC[C@@H](C(C)(C)c2ccccc2)[C@@H](C#N)C1. The van der Waals surface area contributed by atoms with E-state index in [-0.39, 0.29) is 11.3 Å². The average molecular weight is 241 g/mol. The van der Waals surface area contributed by atoms with Crippen molar-refractivity contribution in [3.8, 4) is 6.07 Å². The van der Waals surface area contributed by atoms with E-state index < -0.39 is 0 Å². The first-order chi connectivity index (χ1) is 8.55. The number of hydrogen-bond donors (Lipinski definition) is 0. The first kappa shape index (κ1) is 13.1. The average Bonchev–Trinajstić information content (AvgIpc) is 2.39. The Balaban J connectivity index is 2.27. The predicted octanol–water partition coefficient (Wildman–Crippen LogP) is 4.54. The largest absolute Gasteiger partial charge is 0.198 e. The first-order valence-electron chi connectivity index (χ1n) is 7.01. The van der Waals surface area contributed by atoms with Gasteiger partial charge in [0.05, 0.1) is 12.0 Å². The standard InChI is InChI=1S/C17H23N/c1-13-9-10-16(14(11-13)12-18)17(2,3)15-7-5-4-6-8-15/h4-8,13-14,16H,9-11H2,1-3H3/t13-,14-,16-/m1/s1. The highest BCUT2D eigenvalue weighted by atomic mass is 14.4. The van der Waals surface area contributed by atoms with Crippen molar-refractivity contribution in [2.75, 3.05) is 0 Å². The van der Waals surface area contributed by atoms with Crippen LogP contribution >= 0.6 is 0 Å². The maximum atomic E-state index is 9.44. The zero-order valence-electron chi connectivity index (χ0n) is 11.7. The lowest BCUT2D eigenvalue weighted by Crippen LogP contribution is -2.37. The fraction of sp³-hybridized carbons (Fsp3) is 0.588. The Morgan fingerprint density at radius 1 is 1.17 bits per heavy atom. The molecule has 0 N–H and O–H groups in total. The Morgan fingerprint density at radius 2 is 1.83 bits per heavy atom. The van der Waals surface area contributed by atoms with Gasteiger partial charge in [-0.1, -0.05) is 57.5 Å². The third-order valence-electron chi connectivity index (χ3n) is 4.72. The van der Waals surface area contributed by atoms with E-state index in [9.17, 15) is 5.26 Å². The molecular weight excluding hydrogens is 218 g/mol. The van der Waals surface area contributed by atoms with Crippen LogP contribution in [0.1, 0.15) is 45.6 Å². The van der Waals surface area contributed by atoms with E-state index in [1.807, 2.05) is 0 Å². The minimum absolute atomic E-state index is 0.0990. The molecule has 1 heteroatoms. The summed E-state index contributed by atoms with van der Waals surface area (Å²) in [7, 11) is 0. The van der Waals surface area contributed by atoms with Crippen molar-refractivity contribution in [1.82, 2.24) is 0 Å². The van der Waals surface area contributed by atoms with Crippen LogP contribution in [-0.4, -0.2) is 0 Å². The molecule has 1 saturated carbocycles. The molecule has 18 heavy (non-hydrogen) atoms. The van der Waals surface area contributed by atoms with E-state index >= 15 is 0 Å². The van der Waals surface area contributed by atoms with Gasteiger partial charge < -0.3 is 0 Å². The molecule has 1 aromatic rings. The van der Waals surface area contributed by atoms with Crippen molar-refractivity contribution < 1.29 is 0 Å². The van der Waals surface area contributed by atoms with Crippen LogP contribution < -0.4 is 0 Å². The van der Waals surface area contributed by atoms with Crippen LogP contribution in [0.4, 0.5) is 0 Å². The molecule has 1 fully saturated rings. The van der Waals surface area contributed by atoms with Crippen molar-refractivity contribution >= 4 is 0 Å². The summed E-state index contributed by atoms with van der Waals surface area (Å²) in [4.78, 5) is 0. The maximum Gasteiger partial charge on any atom is 0.0659 e. The summed E-state index contributed by atoms with van der Waals surface area (Å²) in [6.45, 7) is 6.87. The fourth-order valence-electron chi connectivity index (χ4n) is 3.47. The van der Waals surface area contributed by atoms with Crippen LogP contribution in [0.2, 0.25) is 0 Å². The molecule has 0 unspecified atom stereocenters. The van der Waals surface area contributed by atoms with E-state index in [4.69, 9.17) is 0 Å². The van der Waals surface area contributed by atoms with Crippen LogP contribution in [0.15, 0.2) is 30.3 Å². The lowest BCUT2D eigenvalue weighted by Gasteiger charge is -2.42. The molecule has 0 bridgehead atoms. The Bertz CT molecular complexity index is 427. The third-order valence-corrected chi connectivity index (χ3v) is 4.72. The topological polar surface area (TPSA) is 23.8 Å². The second kappa shape index (κ2) is 5.14. The maximum absolute atomic E-state index is 9.44. The minimum Gasteiger partial charge on any atom is -0.198 e. The van der Waals surface area contributed by atoms with Gasteiger partial charge in [-0.15, -0.1) is 0 Å². The number of benzene rings is 1. The predicted molar refractivity (Wildman–Crippen MR) is 75.1 cm³/mol. The molecule has 0 spiro atoms. The van der Waals surface area contributed by atoms with Crippen molar-refractivity contribution in [2.45, 2.75) is 45.4 Å². The summed E-state index contributed by atoms with van der Waals surface area (Å²) in [5.74, 6) is 1.41. The summed E-state index contributed by atoms with van der Waals surface area (Å²) in [5.41, 5.74) is 1.46. The van der Waals surface area contributed by atoms with Crippen molar-refractivity contribution in [3.63, 3.8) is 0 Å². The first-order valence-corrected chi connectivity index (χ1v) is 7.01. The van der Waals surface area contributed by atoms with Crippen molar-refractivity contribution in [3.05, 3.63) is 35.9 Å². The summed E-state index contributed by atoms with van der Waals surface area (Å²) < 4.78 is 0. The van der Waals surface area contributed by atoms with Gasteiger partial charge in [0.2, 0.25) is 0 Å². The minimum atomic E-state index is 0.0990. The normalized spacial score (nSPS) is 28.7. The van der Waals surface area contributed by atoms with Gasteiger partial charge in [0, 0.05) is 0 Å². The number of nitriles is 1. The Labute approximate surface area is 111 Å². The molecule has 0 radical (unpaired) electrons. The zero-order valence-corrected chi connectivity index (χ0v) is 11.7. The van der Waals surface area contributed by atoms with Crippen molar-refractivity contribution in [1.29, 1.82) is 5.26 Å². The van der Waals surface area contributed by atoms with Gasteiger partial charge in [0.1, 0.15) is 0 Å². The molecule has 1 nitrogen and oxygen atoms in total. The summed E-state index contributed by atoms with van der Waals surface area (Å²) >= 11 is 0. The molecule has 0 amide bonds. The molecule has 96 valence electrons. The molecule has 0 aromatic heterocycles. The Morgan fingerprint density at radius 3 is 2.44 bits per heavy atom. The van der Waals surface area contributed by atoms with Gasteiger partial charge in [0.15, 0.2) is 0 Å². The summed E-state index contributed by atoms with van der Waals surface area (Å²) in [6.07, 6.45) is 3.51. The van der Waals surface area contributed by atoms with Crippen LogP contribution in [0.3, 0.4) is 0 Å². The van der Waals surface area contributed by atoms with E-state index in [0.717, 1.165) is 6.42 Å². The van der Waals surface area contributed by atoms with E-state index in [1.54, 1.807) is 0 Å². The van der Waals surface area contributed by atoms with Gasteiger partial charge >= 0.3 is 0 Å². The van der Waals surface area contributed by atoms with Gasteiger partial charge in [-0.2, -0.15) is 5.26 Å². The molecule has 1 aliphatic rings. The van der Waals surface area contributed by atoms with Crippen LogP contribution in [0.5, 0.6) is 0 Å². The number of rotatable bonds is 2. The second-order valence-corrected chi connectivity index (χ2v) is 6.35. The number of hydrogen-bond acceptors (Lipinski definition) is 1.